The van der Waals surface area contributed by atoms with E-state index < -0.39 is 0 Å². The monoisotopic (exact) mass is 202 g/mol. The Morgan fingerprint density at radius 3 is 2.67 bits per heavy atom. The first-order valence-electron chi connectivity index (χ1n) is 5.53. The Hall–Kier alpha value is -1.15. The average molecular weight is 202 g/mol. The van der Waals surface area contributed by atoms with Crippen LogP contribution in [0.2, 0.25) is 0 Å². The summed E-state index contributed by atoms with van der Waals surface area (Å²) in [5, 5.41) is 3.49. The summed E-state index contributed by atoms with van der Waals surface area (Å²) in [6, 6.07) is 10.2. The highest BCUT2D eigenvalue weighted by atomic mass is 16.1. The van der Waals surface area contributed by atoms with Gasteiger partial charge in [-0.25, -0.2) is 0 Å². The van der Waals surface area contributed by atoms with Gasteiger partial charge in [-0.2, -0.15) is 0 Å². The molecule has 2 nitrogen and oxygen atoms in total. The quantitative estimate of drug-likeness (QED) is 0.813. The van der Waals surface area contributed by atoms with Crippen LogP contribution >= 0.6 is 0 Å². The molecule has 1 N–H and O–H groups in total. The van der Waals surface area contributed by atoms with Crippen molar-refractivity contribution >= 4 is 6.29 Å². The van der Waals surface area contributed by atoms with Crippen molar-refractivity contribution in [2.45, 2.75) is 31.2 Å². The third kappa shape index (κ3) is 2.10. The highest BCUT2D eigenvalue weighted by Crippen LogP contribution is 2.32. The number of carbonyl (C=O) groups excluding carboxylic acids is 1. The van der Waals surface area contributed by atoms with Crippen molar-refractivity contribution in [1.29, 1.82) is 0 Å². The number of rotatable bonds is 3. The highest BCUT2D eigenvalue weighted by molar-refractivity contribution is 5.54. The van der Waals surface area contributed by atoms with Gasteiger partial charge in [-0.15, -0.1) is 0 Å². The van der Waals surface area contributed by atoms with E-state index in [1.54, 1.807) is 0 Å². The minimum Gasteiger partial charge on any atom is -0.307 e. The second kappa shape index (κ2) is 4.58. The molecule has 1 aliphatic heterocycles. The van der Waals surface area contributed by atoms with Gasteiger partial charge in [-0.1, -0.05) is 30.3 Å². The van der Waals surface area contributed by atoms with Gasteiger partial charge in [-0.05, 0) is 31.4 Å². The SMILES string of the molecule is O=[C]CC1(c2ccccc2)CCCCN1. The summed E-state index contributed by atoms with van der Waals surface area (Å²) in [5.74, 6) is 0. The number of hydrogen-bond donors (Lipinski definition) is 1. The lowest BCUT2D eigenvalue weighted by Gasteiger charge is -2.37. The van der Waals surface area contributed by atoms with E-state index in [2.05, 4.69) is 23.7 Å². The maximum atomic E-state index is 10.7. The van der Waals surface area contributed by atoms with E-state index in [0.29, 0.717) is 6.42 Å². The molecule has 15 heavy (non-hydrogen) atoms. The minimum absolute atomic E-state index is 0.152. The normalized spacial score (nSPS) is 26.1. The lowest BCUT2D eigenvalue weighted by molar-refractivity contribution is 0.263. The van der Waals surface area contributed by atoms with Gasteiger partial charge in [0, 0.05) is 6.42 Å². The van der Waals surface area contributed by atoms with Crippen LogP contribution in [0.4, 0.5) is 0 Å². The lowest BCUT2D eigenvalue weighted by atomic mass is 9.80. The van der Waals surface area contributed by atoms with E-state index >= 15 is 0 Å². The van der Waals surface area contributed by atoms with E-state index in [4.69, 9.17) is 0 Å². The second-order valence-corrected chi connectivity index (χ2v) is 4.15. The van der Waals surface area contributed by atoms with Crippen LogP contribution in [0.1, 0.15) is 31.2 Å². The Kier molecular flexibility index (Phi) is 3.17. The van der Waals surface area contributed by atoms with Crippen LogP contribution in [0.3, 0.4) is 0 Å². The summed E-state index contributed by atoms with van der Waals surface area (Å²) in [4.78, 5) is 10.7. The van der Waals surface area contributed by atoms with Crippen molar-refractivity contribution in [3.05, 3.63) is 35.9 Å². The standard InChI is InChI=1S/C13H16NO/c15-11-9-13(8-4-5-10-14-13)12-6-2-1-3-7-12/h1-3,6-7,14H,4-5,8-10H2. The number of piperidine rings is 1. The number of nitrogens with one attached hydrogen (secondary N) is 1. The van der Waals surface area contributed by atoms with E-state index in [-0.39, 0.29) is 5.54 Å². The number of benzene rings is 1. The zero-order valence-electron chi connectivity index (χ0n) is 8.83. The van der Waals surface area contributed by atoms with Crippen molar-refractivity contribution in [3.8, 4) is 0 Å². The summed E-state index contributed by atoms with van der Waals surface area (Å²) < 4.78 is 0. The van der Waals surface area contributed by atoms with Crippen LogP contribution in [0.5, 0.6) is 0 Å². The topological polar surface area (TPSA) is 29.1 Å². The van der Waals surface area contributed by atoms with Crippen LogP contribution in [0.15, 0.2) is 30.3 Å². The van der Waals surface area contributed by atoms with Crippen LogP contribution < -0.4 is 5.32 Å². The zero-order valence-corrected chi connectivity index (χ0v) is 8.83. The van der Waals surface area contributed by atoms with Gasteiger partial charge in [0.25, 0.3) is 0 Å². The molecule has 1 saturated heterocycles. The Morgan fingerprint density at radius 2 is 2.07 bits per heavy atom. The van der Waals surface area contributed by atoms with Gasteiger partial charge in [-0.3, -0.25) is 4.79 Å². The van der Waals surface area contributed by atoms with Crippen molar-refractivity contribution in [1.82, 2.24) is 5.32 Å². The molecule has 1 aliphatic rings. The van der Waals surface area contributed by atoms with Crippen molar-refractivity contribution in [3.63, 3.8) is 0 Å². The van der Waals surface area contributed by atoms with Crippen LogP contribution in [-0.2, 0) is 10.3 Å². The maximum Gasteiger partial charge on any atom is 0.200 e. The van der Waals surface area contributed by atoms with E-state index in [0.717, 1.165) is 13.0 Å². The molecule has 0 amide bonds. The predicted molar refractivity (Wildman–Crippen MR) is 60.3 cm³/mol. The van der Waals surface area contributed by atoms with Gasteiger partial charge in [0.2, 0.25) is 6.29 Å². The zero-order chi connectivity index (χ0) is 10.6. The van der Waals surface area contributed by atoms with Crippen LogP contribution in [0.25, 0.3) is 0 Å². The molecule has 2 heteroatoms. The van der Waals surface area contributed by atoms with Crippen molar-refractivity contribution in [2.24, 2.45) is 0 Å². The molecule has 1 radical (unpaired) electrons. The highest BCUT2D eigenvalue weighted by Gasteiger charge is 2.32. The Morgan fingerprint density at radius 1 is 1.27 bits per heavy atom. The molecule has 1 unspecified atom stereocenters. The van der Waals surface area contributed by atoms with Gasteiger partial charge < -0.3 is 5.32 Å². The first-order chi connectivity index (χ1) is 7.37. The molecule has 0 spiro atoms. The van der Waals surface area contributed by atoms with E-state index in [9.17, 15) is 4.79 Å². The summed E-state index contributed by atoms with van der Waals surface area (Å²) in [6.07, 6.45) is 5.94. The lowest BCUT2D eigenvalue weighted by Crippen LogP contribution is -2.46. The first-order valence-corrected chi connectivity index (χ1v) is 5.53. The van der Waals surface area contributed by atoms with Crippen molar-refractivity contribution in [2.75, 3.05) is 6.54 Å². The molecule has 1 aromatic rings. The molecule has 1 fully saturated rings. The summed E-state index contributed by atoms with van der Waals surface area (Å²) >= 11 is 0. The average Bonchev–Trinajstić information content (AvgIpc) is 2.32. The molecular formula is C13H16NO. The van der Waals surface area contributed by atoms with E-state index in [1.807, 2.05) is 18.2 Å². The van der Waals surface area contributed by atoms with Crippen LogP contribution in [0, 0.1) is 0 Å². The molecule has 1 atom stereocenters. The van der Waals surface area contributed by atoms with E-state index in [1.165, 1.54) is 18.4 Å². The largest absolute Gasteiger partial charge is 0.307 e. The van der Waals surface area contributed by atoms with Crippen LogP contribution in [-0.4, -0.2) is 12.8 Å². The fraction of sp³-hybridized carbons (Fsp3) is 0.462. The molecule has 1 aromatic carbocycles. The Labute approximate surface area is 90.7 Å². The second-order valence-electron chi connectivity index (χ2n) is 4.15. The fourth-order valence-corrected chi connectivity index (χ4v) is 2.35. The Balaban J connectivity index is 2.29. The van der Waals surface area contributed by atoms with Crippen molar-refractivity contribution < 1.29 is 4.79 Å². The predicted octanol–water partition coefficient (Wildman–Crippen LogP) is 2.16. The molecule has 0 saturated carbocycles. The summed E-state index contributed by atoms with van der Waals surface area (Å²) in [7, 11) is 0. The molecule has 0 aliphatic carbocycles. The minimum atomic E-state index is -0.152. The third-order valence-electron chi connectivity index (χ3n) is 3.19. The van der Waals surface area contributed by atoms with Gasteiger partial charge in [0.15, 0.2) is 0 Å². The summed E-state index contributed by atoms with van der Waals surface area (Å²) in [5.41, 5.74) is 1.06. The summed E-state index contributed by atoms with van der Waals surface area (Å²) in [6.45, 7) is 0.997. The fourth-order valence-electron chi connectivity index (χ4n) is 2.35. The smallest absolute Gasteiger partial charge is 0.200 e. The molecule has 2 rings (SSSR count). The Bertz CT molecular complexity index is 315. The molecule has 0 bridgehead atoms. The number of hydrogen-bond acceptors (Lipinski definition) is 2. The maximum absolute atomic E-state index is 10.7. The molecule has 1 heterocycles. The first kappa shape index (κ1) is 10.4. The molecule has 0 aromatic heterocycles. The molecular weight excluding hydrogens is 186 g/mol. The van der Waals surface area contributed by atoms with Gasteiger partial charge in [0.05, 0.1) is 5.54 Å². The third-order valence-corrected chi connectivity index (χ3v) is 3.19. The van der Waals surface area contributed by atoms with Gasteiger partial charge >= 0.3 is 0 Å². The van der Waals surface area contributed by atoms with Gasteiger partial charge in [0.1, 0.15) is 0 Å². The molecule has 79 valence electrons.